The number of carbonyl (C=O) groups excluding carboxylic acids is 2. The van der Waals surface area contributed by atoms with Crippen molar-refractivity contribution in [3.8, 4) is 5.75 Å². The molecule has 2 aliphatic rings. The lowest BCUT2D eigenvalue weighted by molar-refractivity contribution is -0.125. The van der Waals surface area contributed by atoms with E-state index in [1.165, 1.54) is 21.3 Å². The third-order valence-electron chi connectivity index (χ3n) is 6.76. The van der Waals surface area contributed by atoms with Gasteiger partial charge in [-0.25, -0.2) is 8.42 Å². The Morgan fingerprint density at radius 2 is 1.86 bits per heavy atom. The van der Waals surface area contributed by atoms with Crippen molar-refractivity contribution in [2.24, 2.45) is 5.92 Å². The fourth-order valence-electron chi connectivity index (χ4n) is 4.53. The Morgan fingerprint density at radius 3 is 2.56 bits per heavy atom. The minimum absolute atomic E-state index is 0.0981. The van der Waals surface area contributed by atoms with Gasteiger partial charge in [0.2, 0.25) is 15.9 Å². The number of para-hydroxylation sites is 1. The Balaban J connectivity index is 1.43. The van der Waals surface area contributed by atoms with Crippen molar-refractivity contribution in [2.75, 3.05) is 55.7 Å². The van der Waals surface area contributed by atoms with Crippen LogP contribution in [0, 0.1) is 5.92 Å². The lowest BCUT2D eigenvalue weighted by Crippen LogP contribution is -2.46. The van der Waals surface area contributed by atoms with Crippen LogP contribution in [-0.2, 0) is 19.6 Å². The Hall–Kier alpha value is -3.11. The number of anilines is 2. The van der Waals surface area contributed by atoms with Crippen LogP contribution in [0.2, 0.25) is 0 Å². The quantitative estimate of drug-likeness (QED) is 0.552. The predicted octanol–water partition coefficient (Wildman–Crippen LogP) is 2.48. The van der Waals surface area contributed by atoms with Crippen LogP contribution in [0.5, 0.6) is 5.75 Å². The number of hydrogen-bond donors (Lipinski definition) is 1. The molecule has 1 fully saturated rings. The van der Waals surface area contributed by atoms with Crippen molar-refractivity contribution >= 4 is 33.2 Å². The molecular weight excluding hydrogens is 480 g/mol. The summed E-state index contributed by atoms with van der Waals surface area (Å²) in [5.41, 5.74) is 1.37. The van der Waals surface area contributed by atoms with Crippen LogP contribution < -0.4 is 19.9 Å². The molecule has 1 N–H and O–H groups in total. The number of nitrogens with one attached hydrogen (secondary N) is 1. The highest BCUT2D eigenvalue weighted by atomic mass is 32.2. The highest BCUT2D eigenvalue weighted by molar-refractivity contribution is 7.89. The van der Waals surface area contributed by atoms with E-state index in [0.29, 0.717) is 43.5 Å². The Kier molecular flexibility index (Phi) is 8.15. The van der Waals surface area contributed by atoms with E-state index in [1.54, 1.807) is 6.07 Å². The lowest BCUT2D eigenvalue weighted by atomic mass is 10.0. The molecule has 2 aromatic rings. The summed E-state index contributed by atoms with van der Waals surface area (Å²) >= 11 is 0. The molecule has 0 spiro atoms. The van der Waals surface area contributed by atoms with Gasteiger partial charge in [-0.3, -0.25) is 14.5 Å². The van der Waals surface area contributed by atoms with Crippen LogP contribution in [0.4, 0.5) is 11.4 Å². The summed E-state index contributed by atoms with van der Waals surface area (Å²) < 4.78 is 33.5. The fraction of sp³-hybridized carbons (Fsp3) is 0.462. The van der Waals surface area contributed by atoms with Crippen molar-refractivity contribution in [3.05, 3.63) is 48.5 Å². The molecule has 0 radical (unpaired) electrons. The topological polar surface area (TPSA) is 99.3 Å². The van der Waals surface area contributed by atoms with E-state index in [9.17, 15) is 18.0 Å². The van der Waals surface area contributed by atoms with Gasteiger partial charge in [-0.15, -0.1) is 0 Å². The standard InChI is InChI=1S/C26H34N4O5S/c1-3-28(21-7-5-4-6-8-21)16-13-27-25(31)18-30-23-17-22(9-10-24(23)35-19-26(30)32)36(33,34)29-14-11-20(2)12-15-29/h4-10,17,20H,3,11-16,18-19H2,1-2H3,(H,27,31). The van der Waals surface area contributed by atoms with Crippen LogP contribution in [0.3, 0.4) is 0 Å². The van der Waals surface area contributed by atoms with Crippen molar-refractivity contribution in [1.82, 2.24) is 9.62 Å². The molecule has 2 heterocycles. The van der Waals surface area contributed by atoms with Gasteiger partial charge < -0.3 is 15.0 Å². The summed E-state index contributed by atoms with van der Waals surface area (Å²) in [5.74, 6) is 0.170. The average molecular weight is 515 g/mol. The molecule has 0 aliphatic carbocycles. The number of benzene rings is 2. The Morgan fingerprint density at radius 1 is 1.14 bits per heavy atom. The summed E-state index contributed by atoms with van der Waals surface area (Å²) in [4.78, 5) is 29.0. The second-order valence-electron chi connectivity index (χ2n) is 9.25. The maximum Gasteiger partial charge on any atom is 0.265 e. The molecular formula is C26H34N4O5S. The van der Waals surface area contributed by atoms with Crippen molar-refractivity contribution in [3.63, 3.8) is 0 Å². The average Bonchev–Trinajstić information content (AvgIpc) is 2.89. The zero-order chi connectivity index (χ0) is 25.7. The predicted molar refractivity (Wildman–Crippen MR) is 139 cm³/mol. The number of ether oxygens (including phenoxy) is 1. The number of nitrogens with zero attached hydrogens (tertiary/aromatic N) is 3. The van der Waals surface area contributed by atoms with Crippen LogP contribution in [0.1, 0.15) is 26.7 Å². The van der Waals surface area contributed by atoms with Gasteiger partial charge in [0.1, 0.15) is 12.3 Å². The van der Waals surface area contributed by atoms with E-state index in [4.69, 9.17) is 4.74 Å². The molecule has 1 saturated heterocycles. The third-order valence-corrected chi connectivity index (χ3v) is 8.66. The molecule has 10 heteroatoms. The number of piperidine rings is 1. The monoisotopic (exact) mass is 514 g/mol. The summed E-state index contributed by atoms with van der Waals surface area (Å²) in [6.45, 7) is 6.53. The number of hydrogen-bond acceptors (Lipinski definition) is 6. The molecule has 9 nitrogen and oxygen atoms in total. The van der Waals surface area contributed by atoms with Crippen molar-refractivity contribution in [1.29, 1.82) is 0 Å². The lowest BCUT2D eigenvalue weighted by Gasteiger charge is -2.31. The third kappa shape index (κ3) is 5.82. The molecule has 2 amide bonds. The molecule has 36 heavy (non-hydrogen) atoms. The van der Waals surface area contributed by atoms with Crippen LogP contribution in [0.25, 0.3) is 0 Å². The summed E-state index contributed by atoms with van der Waals surface area (Å²) in [6.07, 6.45) is 1.63. The van der Waals surface area contributed by atoms with Gasteiger partial charge in [0.15, 0.2) is 6.61 Å². The number of fused-ring (bicyclic) bond motifs is 1. The smallest absolute Gasteiger partial charge is 0.265 e. The van der Waals surface area contributed by atoms with E-state index in [2.05, 4.69) is 17.1 Å². The van der Waals surface area contributed by atoms with Gasteiger partial charge in [-0.2, -0.15) is 4.31 Å². The molecule has 0 saturated carbocycles. The Bertz CT molecular complexity index is 1180. The minimum atomic E-state index is -3.71. The van der Waals surface area contributed by atoms with E-state index < -0.39 is 15.9 Å². The molecule has 0 bridgehead atoms. The zero-order valence-corrected chi connectivity index (χ0v) is 21.7. The largest absolute Gasteiger partial charge is 0.482 e. The summed E-state index contributed by atoms with van der Waals surface area (Å²) in [7, 11) is -3.71. The van der Waals surface area contributed by atoms with E-state index >= 15 is 0 Å². The molecule has 2 aromatic carbocycles. The van der Waals surface area contributed by atoms with Gasteiger partial charge in [0.05, 0.1) is 10.6 Å². The minimum Gasteiger partial charge on any atom is -0.482 e. The maximum atomic E-state index is 13.2. The normalized spacial score (nSPS) is 16.8. The van der Waals surface area contributed by atoms with Crippen LogP contribution >= 0.6 is 0 Å². The highest BCUT2D eigenvalue weighted by Crippen LogP contribution is 2.35. The number of carbonyl (C=O) groups is 2. The van der Waals surface area contributed by atoms with Gasteiger partial charge in [-0.05, 0) is 56.0 Å². The number of likely N-dealkylation sites (N-methyl/N-ethyl adjacent to an activating group) is 1. The van der Waals surface area contributed by atoms with Gasteiger partial charge in [-0.1, -0.05) is 25.1 Å². The van der Waals surface area contributed by atoms with E-state index in [-0.39, 0.29) is 24.0 Å². The highest BCUT2D eigenvalue weighted by Gasteiger charge is 2.32. The second-order valence-corrected chi connectivity index (χ2v) is 11.2. The fourth-order valence-corrected chi connectivity index (χ4v) is 6.02. The molecule has 194 valence electrons. The number of sulfonamides is 1. The maximum absolute atomic E-state index is 13.2. The second kappa shape index (κ2) is 11.3. The SMILES string of the molecule is CCN(CCNC(=O)CN1C(=O)COc2ccc(S(=O)(=O)N3CCC(C)CC3)cc21)c1ccccc1. The van der Waals surface area contributed by atoms with Crippen molar-refractivity contribution in [2.45, 2.75) is 31.6 Å². The summed E-state index contributed by atoms with van der Waals surface area (Å²) in [5, 5.41) is 2.87. The Labute approximate surface area is 213 Å². The van der Waals surface area contributed by atoms with E-state index in [1.807, 2.05) is 37.3 Å². The first-order valence-corrected chi connectivity index (χ1v) is 13.9. The van der Waals surface area contributed by atoms with Crippen molar-refractivity contribution < 1.29 is 22.7 Å². The molecule has 0 atom stereocenters. The van der Waals surface area contributed by atoms with Gasteiger partial charge >= 0.3 is 0 Å². The molecule has 4 rings (SSSR count). The number of rotatable bonds is 9. The van der Waals surface area contributed by atoms with Gasteiger partial charge in [0, 0.05) is 38.4 Å². The molecule has 2 aliphatic heterocycles. The van der Waals surface area contributed by atoms with Gasteiger partial charge in [0.25, 0.3) is 5.91 Å². The molecule has 0 unspecified atom stereocenters. The first kappa shape index (κ1) is 26.0. The summed E-state index contributed by atoms with van der Waals surface area (Å²) in [6, 6.07) is 14.4. The van der Waals surface area contributed by atoms with Crippen LogP contribution in [0.15, 0.2) is 53.4 Å². The zero-order valence-electron chi connectivity index (χ0n) is 20.9. The number of amides is 2. The van der Waals surface area contributed by atoms with Crippen LogP contribution in [-0.4, -0.2) is 70.4 Å². The first-order valence-electron chi connectivity index (χ1n) is 12.4. The first-order chi connectivity index (χ1) is 17.3. The molecule has 0 aromatic heterocycles. The van der Waals surface area contributed by atoms with E-state index in [0.717, 1.165) is 25.1 Å².